The van der Waals surface area contributed by atoms with E-state index in [4.69, 9.17) is 0 Å². The SMILES string of the molecule is CCC1=Cc2c(-c3ccc(C45CC6CC(CC(C6)C4)C5)cc3)cccc2[CH]1[Zr]([CH3])([CH3])(=[SiH2])[CH]1C(C2CCC(C)CC2)=Cc2c(-c3ccc(C(C)(C)C)cc3)cccc21.Cl.Cl. The van der Waals surface area contributed by atoms with E-state index in [9.17, 15) is 0 Å². The van der Waals surface area contributed by atoms with Crippen LogP contribution in [0.4, 0.5) is 0 Å². The van der Waals surface area contributed by atoms with Crippen molar-refractivity contribution in [3.8, 4) is 22.3 Å². The first-order chi connectivity index (χ1) is 27.2. The normalized spacial score (nSPS) is 29.5. The molecule has 0 aromatic heterocycles. The van der Waals surface area contributed by atoms with Gasteiger partial charge in [0.2, 0.25) is 0 Å². The van der Waals surface area contributed by atoms with Crippen molar-refractivity contribution in [2.24, 2.45) is 29.6 Å². The zero-order valence-corrected chi connectivity index (χ0v) is 42.6. The molecule has 59 heavy (non-hydrogen) atoms. The third-order valence-corrected chi connectivity index (χ3v) is 34.4. The van der Waals surface area contributed by atoms with Gasteiger partial charge in [0.1, 0.15) is 0 Å². The molecule has 5 fully saturated rings. The quantitative estimate of drug-likeness (QED) is 0.162. The number of hydrogen-bond acceptors (Lipinski definition) is 0. The van der Waals surface area contributed by atoms with E-state index < -0.39 is 17.4 Å². The van der Waals surface area contributed by atoms with E-state index in [0.717, 1.165) is 30.1 Å². The van der Waals surface area contributed by atoms with Crippen molar-refractivity contribution in [2.45, 2.75) is 133 Å². The van der Waals surface area contributed by atoms with Crippen LogP contribution in [0.25, 0.3) is 34.4 Å². The predicted octanol–water partition coefficient (Wildman–Crippen LogP) is 15.8. The van der Waals surface area contributed by atoms with Gasteiger partial charge in [-0.15, -0.1) is 24.8 Å². The maximum Gasteiger partial charge on any atom is -0.147 e. The van der Waals surface area contributed by atoms with Crippen LogP contribution in [0.15, 0.2) is 96.1 Å². The van der Waals surface area contributed by atoms with Crippen molar-refractivity contribution in [1.82, 2.24) is 0 Å². The summed E-state index contributed by atoms with van der Waals surface area (Å²) in [6.07, 6.45) is 20.9. The summed E-state index contributed by atoms with van der Waals surface area (Å²) in [5.74, 6) is 4.49. The second kappa shape index (κ2) is 15.7. The largest absolute Gasteiger partial charge is 0.147 e. The molecule has 0 amide bonds. The van der Waals surface area contributed by atoms with E-state index in [1.807, 2.05) is 5.57 Å². The maximum atomic E-state index is 2.87. The van der Waals surface area contributed by atoms with Gasteiger partial charge in [0.25, 0.3) is 0 Å². The van der Waals surface area contributed by atoms with Crippen LogP contribution in [0.1, 0.15) is 146 Å². The topological polar surface area (TPSA) is 0 Å². The van der Waals surface area contributed by atoms with E-state index in [0.29, 0.717) is 18.6 Å². The van der Waals surface area contributed by atoms with Crippen molar-refractivity contribution < 1.29 is 17.4 Å². The minimum atomic E-state index is -3.80. The van der Waals surface area contributed by atoms with Gasteiger partial charge in [-0.3, -0.25) is 0 Å². The average Bonchev–Trinajstić information content (AvgIpc) is 3.78. The second-order valence-electron chi connectivity index (χ2n) is 22.7. The van der Waals surface area contributed by atoms with Crippen LogP contribution in [-0.2, 0) is 28.2 Å². The number of allylic oxidation sites excluding steroid dienone is 2. The number of fused-ring (bicyclic) bond motifs is 2. The monoisotopic (exact) mass is 918 g/mol. The molecule has 4 aromatic rings. The fourth-order valence-electron chi connectivity index (χ4n) is 14.6. The van der Waals surface area contributed by atoms with Gasteiger partial charge < -0.3 is 0 Å². The molecule has 7 aliphatic rings. The first-order valence-corrected chi connectivity index (χ1v) is 36.8. The molecule has 0 N–H and O–H groups in total. The van der Waals surface area contributed by atoms with Crippen LogP contribution in [0.3, 0.4) is 0 Å². The number of halogens is 2. The van der Waals surface area contributed by atoms with Gasteiger partial charge >= 0.3 is 350 Å². The van der Waals surface area contributed by atoms with E-state index in [1.54, 1.807) is 22.3 Å². The summed E-state index contributed by atoms with van der Waals surface area (Å²) in [5.41, 5.74) is 19.2. The van der Waals surface area contributed by atoms with Crippen molar-refractivity contribution in [1.29, 1.82) is 0 Å². The molecule has 2 atom stereocenters. The second-order valence-corrected chi connectivity index (χ2v) is 53.2. The summed E-state index contributed by atoms with van der Waals surface area (Å²) < 4.78 is 6.85. The van der Waals surface area contributed by atoms with Gasteiger partial charge in [0, 0.05) is 0 Å². The van der Waals surface area contributed by atoms with Crippen molar-refractivity contribution in [2.75, 3.05) is 0 Å². The van der Waals surface area contributed by atoms with Gasteiger partial charge in [0.05, 0.1) is 0 Å². The average molecular weight is 921 g/mol. The minimum Gasteiger partial charge on any atom is -0.147 e. The van der Waals surface area contributed by atoms with E-state index in [-0.39, 0.29) is 30.2 Å². The summed E-state index contributed by atoms with van der Waals surface area (Å²) in [6.45, 7) is 14.5. The molecule has 4 aromatic carbocycles. The molecule has 0 heterocycles. The smallest absolute Gasteiger partial charge is 0.147 e. The van der Waals surface area contributed by atoms with Crippen LogP contribution in [0.2, 0.25) is 9.26 Å². The number of hydrogen-bond donors (Lipinski definition) is 0. The van der Waals surface area contributed by atoms with Gasteiger partial charge in [-0.25, -0.2) is 0 Å². The maximum absolute atomic E-state index is 3.80. The molecule has 4 bridgehead atoms. The van der Waals surface area contributed by atoms with E-state index in [2.05, 4.69) is 148 Å². The first-order valence-electron chi connectivity index (χ1n) is 23.2. The van der Waals surface area contributed by atoms with E-state index in [1.165, 1.54) is 103 Å². The standard InChI is InChI=1S/C27H29.C26H31.2CH3.2ClH.H2Si.Zr/c1-2-18-13-23-4-3-5-25(26(23)14-18)22-6-8-24(9-7-22)27-15-19-10-20(16-27)12-21(11-19)17-27;1-18-8-10-19(11-9-18)22-16-21-6-5-7-24(25(21)17-22)20-12-14-23(15-13-20)26(2,3)4;;;;;;/h3-9,13-14,19-21H,2,10-12,15-17H2,1H3;5-7,12-19H,8-11H2,1-4H3;2*1H3;2*1H;1H2;. The van der Waals surface area contributed by atoms with Crippen LogP contribution in [-0.4, -0.2) is 6.88 Å². The molecular weight excluding hydrogens is 851 g/mol. The summed E-state index contributed by atoms with van der Waals surface area (Å²) in [4.78, 5) is 0. The Morgan fingerprint density at radius 3 is 1.64 bits per heavy atom. The molecule has 7 aliphatic carbocycles. The molecule has 5 saturated carbocycles. The summed E-state index contributed by atoms with van der Waals surface area (Å²) in [5, 5.41) is 0. The molecule has 0 saturated heterocycles. The van der Waals surface area contributed by atoms with Crippen LogP contribution >= 0.6 is 24.8 Å². The molecule has 4 heteroatoms. The molecule has 0 aliphatic heterocycles. The Morgan fingerprint density at radius 2 is 1.14 bits per heavy atom. The molecule has 0 nitrogen and oxygen atoms in total. The Bertz CT molecular complexity index is 2320. The fraction of sp³-hybridized carbons (Fsp3) is 0.491. The number of benzene rings is 4. The molecule has 0 radical (unpaired) electrons. The zero-order valence-electron chi connectivity index (χ0n) is 37.1. The van der Waals surface area contributed by atoms with Crippen molar-refractivity contribution in [3.63, 3.8) is 0 Å². The molecule has 312 valence electrons. The fourth-order valence-corrected chi connectivity index (χ4v) is 34.4. The first kappa shape index (κ1) is 43.7. The molecule has 11 rings (SSSR count). The summed E-state index contributed by atoms with van der Waals surface area (Å²) in [7, 11) is 0. The van der Waals surface area contributed by atoms with Crippen molar-refractivity contribution >= 4 is 43.8 Å². The zero-order chi connectivity index (χ0) is 39.5. The third kappa shape index (κ3) is 7.37. The predicted molar refractivity (Wildman–Crippen MR) is 260 cm³/mol. The van der Waals surface area contributed by atoms with Gasteiger partial charge in [-0.05, 0) is 0 Å². The van der Waals surface area contributed by atoms with E-state index >= 15 is 0 Å². The minimum absolute atomic E-state index is 0. The van der Waals surface area contributed by atoms with Gasteiger partial charge in [-0.1, -0.05) is 0 Å². The van der Waals surface area contributed by atoms with Crippen LogP contribution < -0.4 is 0 Å². The van der Waals surface area contributed by atoms with Gasteiger partial charge in [-0.2, -0.15) is 0 Å². The Kier molecular flexibility index (Phi) is 11.6. The van der Waals surface area contributed by atoms with Gasteiger partial charge in [0.15, 0.2) is 0 Å². The Morgan fingerprint density at radius 1 is 0.644 bits per heavy atom. The Labute approximate surface area is 372 Å². The molecule has 2 unspecified atom stereocenters. The molecule has 0 spiro atoms. The van der Waals surface area contributed by atoms with Crippen LogP contribution in [0.5, 0.6) is 0 Å². The van der Waals surface area contributed by atoms with Crippen LogP contribution in [0, 0.1) is 29.6 Å². The third-order valence-electron chi connectivity index (χ3n) is 16.9. The summed E-state index contributed by atoms with van der Waals surface area (Å²) >= 11 is -3.80. The van der Waals surface area contributed by atoms with Crippen molar-refractivity contribution in [3.05, 3.63) is 129 Å². The molecular formula is C55H70Cl2SiZr. The summed E-state index contributed by atoms with van der Waals surface area (Å²) in [6, 6.07) is 34.5. The Hall–Kier alpha value is -1.96. The Balaban J connectivity index is 0.00000242. The number of rotatable bonds is 7.